The maximum Gasteiger partial charge on any atom is 0.289 e. The molecule has 2 saturated heterocycles. The van der Waals surface area contributed by atoms with Gasteiger partial charge in [-0.1, -0.05) is 0 Å². The van der Waals surface area contributed by atoms with Gasteiger partial charge in [-0.05, 0) is 26.1 Å². The number of hydrogen-bond acceptors (Lipinski definition) is 5. The summed E-state index contributed by atoms with van der Waals surface area (Å²) in [4.78, 5) is 20.9. The van der Waals surface area contributed by atoms with Crippen LogP contribution >= 0.6 is 0 Å². The van der Waals surface area contributed by atoms with Crippen LogP contribution in [0.3, 0.4) is 0 Å². The average Bonchev–Trinajstić information content (AvgIpc) is 3.14. The largest absolute Gasteiger partial charge is 0.459 e. The number of aryl methyl sites for hydroxylation is 1. The van der Waals surface area contributed by atoms with E-state index in [0.29, 0.717) is 5.76 Å². The summed E-state index contributed by atoms with van der Waals surface area (Å²) in [5, 5.41) is 0. The molecule has 0 saturated carbocycles. The second kappa shape index (κ2) is 4.71. The van der Waals surface area contributed by atoms with Crippen molar-refractivity contribution in [2.24, 2.45) is 5.41 Å². The quantitative estimate of drug-likeness (QED) is 0.845. The Balaban J connectivity index is 1.53. The highest BCUT2D eigenvalue weighted by molar-refractivity contribution is 5.92. The van der Waals surface area contributed by atoms with E-state index in [0.717, 1.165) is 37.8 Å². The van der Waals surface area contributed by atoms with Gasteiger partial charge in [-0.2, -0.15) is 0 Å². The minimum absolute atomic E-state index is 0.0347. The van der Waals surface area contributed by atoms with Crippen LogP contribution in [0.15, 0.2) is 33.4 Å². The lowest BCUT2D eigenvalue weighted by Crippen LogP contribution is -2.61. The fraction of sp³-hybridized carbons (Fsp3) is 0.500. The first-order valence-corrected chi connectivity index (χ1v) is 7.51. The lowest BCUT2D eigenvalue weighted by atomic mass is 9.71. The van der Waals surface area contributed by atoms with Crippen molar-refractivity contribution >= 4 is 5.91 Å². The average molecular weight is 301 g/mol. The summed E-state index contributed by atoms with van der Waals surface area (Å²) in [6, 6.07) is 3.45. The number of rotatable bonds is 2. The van der Waals surface area contributed by atoms with Gasteiger partial charge >= 0.3 is 0 Å². The van der Waals surface area contributed by atoms with Crippen molar-refractivity contribution in [2.75, 3.05) is 33.2 Å². The molecule has 4 heterocycles. The van der Waals surface area contributed by atoms with Gasteiger partial charge in [0.05, 0.1) is 18.4 Å². The van der Waals surface area contributed by atoms with E-state index in [9.17, 15) is 4.79 Å². The van der Waals surface area contributed by atoms with E-state index in [2.05, 4.69) is 16.9 Å². The van der Waals surface area contributed by atoms with Gasteiger partial charge in [-0.3, -0.25) is 4.79 Å². The molecule has 4 rings (SSSR count). The summed E-state index contributed by atoms with van der Waals surface area (Å²) in [6.07, 6.45) is 3.30. The standard InChI is InChI=1S/C16H19N3O3/c1-11-6-17-14(22-11)12-7-18(2)8-16(12)9-19(10-16)15(20)13-4-3-5-21-13/h3-6,12H,7-10H2,1-2H3. The Bertz CT molecular complexity index is 685. The highest BCUT2D eigenvalue weighted by Gasteiger charge is 2.57. The van der Waals surface area contributed by atoms with E-state index < -0.39 is 0 Å². The highest BCUT2D eigenvalue weighted by atomic mass is 16.4. The Morgan fingerprint density at radius 3 is 2.86 bits per heavy atom. The molecule has 1 unspecified atom stereocenters. The van der Waals surface area contributed by atoms with E-state index in [4.69, 9.17) is 8.83 Å². The van der Waals surface area contributed by atoms with Crippen LogP contribution in [0.25, 0.3) is 0 Å². The number of likely N-dealkylation sites (N-methyl/N-ethyl adjacent to an activating group) is 1. The molecule has 6 nitrogen and oxygen atoms in total. The van der Waals surface area contributed by atoms with Gasteiger partial charge in [0, 0.05) is 31.6 Å². The smallest absolute Gasteiger partial charge is 0.289 e. The third-order valence-corrected chi connectivity index (χ3v) is 4.79. The number of nitrogens with zero attached hydrogens (tertiary/aromatic N) is 3. The number of carbonyl (C=O) groups is 1. The van der Waals surface area contributed by atoms with Crippen molar-refractivity contribution < 1.29 is 13.6 Å². The molecule has 2 aliphatic heterocycles. The van der Waals surface area contributed by atoms with Crippen molar-refractivity contribution in [3.8, 4) is 0 Å². The molecule has 22 heavy (non-hydrogen) atoms. The third-order valence-electron chi connectivity index (χ3n) is 4.79. The zero-order chi connectivity index (χ0) is 15.3. The molecule has 2 aliphatic rings. The van der Waals surface area contributed by atoms with Crippen LogP contribution in [0, 0.1) is 12.3 Å². The number of furan rings is 1. The van der Waals surface area contributed by atoms with Gasteiger partial charge in [-0.25, -0.2) is 4.98 Å². The molecular formula is C16H19N3O3. The molecule has 1 spiro atoms. The van der Waals surface area contributed by atoms with Crippen LogP contribution in [0.2, 0.25) is 0 Å². The molecule has 1 atom stereocenters. The molecular weight excluding hydrogens is 282 g/mol. The Labute approximate surface area is 128 Å². The second-order valence-electron chi connectivity index (χ2n) is 6.56. The van der Waals surface area contributed by atoms with Gasteiger partial charge in [0.1, 0.15) is 5.76 Å². The predicted octanol–water partition coefficient (Wildman–Crippen LogP) is 1.75. The summed E-state index contributed by atoms with van der Waals surface area (Å²) in [5.41, 5.74) is 0.0499. The molecule has 0 aromatic carbocycles. The molecule has 1 amide bonds. The highest BCUT2D eigenvalue weighted by Crippen LogP contribution is 2.48. The summed E-state index contributed by atoms with van der Waals surface area (Å²) >= 11 is 0. The lowest BCUT2D eigenvalue weighted by molar-refractivity contribution is -0.00163. The van der Waals surface area contributed by atoms with Crippen LogP contribution in [0.1, 0.15) is 28.1 Å². The number of likely N-dealkylation sites (tertiary alicyclic amines) is 2. The Kier molecular flexibility index (Phi) is 2.91. The zero-order valence-electron chi connectivity index (χ0n) is 12.8. The molecule has 6 heteroatoms. The number of carbonyl (C=O) groups excluding carboxylic acids is 1. The molecule has 0 radical (unpaired) electrons. The van der Waals surface area contributed by atoms with Crippen molar-refractivity contribution in [1.82, 2.24) is 14.8 Å². The summed E-state index contributed by atoms with van der Waals surface area (Å²) in [5.74, 6) is 2.25. The number of oxazole rings is 1. The third kappa shape index (κ3) is 1.98. The molecule has 2 aromatic rings. The van der Waals surface area contributed by atoms with E-state index in [1.165, 1.54) is 6.26 Å². The van der Waals surface area contributed by atoms with Gasteiger partial charge in [-0.15, -0.1) is 0 Å². The number of aromatic nitrogens is 1. The van der Waals surface area contributed by atoms with Crippen molar-refractivity contribution in [1.29, 1.82) is 0 Å². The van der Waals surface area contributed by atoms with Crippen LogP contribution in [0.5, 0.6) is 0 Å². The predicted molar refractivity (Wildman–Crippen MR) is 78.5 cm³/mol. The molecule has 116 valence electrons. The Morgan fingerprint density at radius 2 is 2.23 bits per heavy atom. The normalized spacial score (nSPS) is 23.9. The van der Waals surface area contributed by atoms with Crippen LogP contribution < -0.4 is 0 Å². The zero-order valence-corrected chi connectivity index (χ0v) is 12.8. The molecule has 0 aliphatic carbocycles. The van der Waals surface area contributed by atoms with Crippen molar-refractivity contribution in [2.45, 2.75) is 12.8 Å². The van der Waals surface area contributed by atoms with E-state index >= 15 is 0 Å². The SMILES string of the molecule is Cc1cnc(C2CN(C)CC23CN(C(=O)c2ccco2)C3)o1. The first-order valence-electron chi connectivity index (χ1n) is 7.51. The number of amides is 1. The topological polar surface area (TPSA) is 62.7 Å². The van der Waals surface area contributed by atoms with Crippen LogP contribution in [-0.2, 0) is 0 Å². The monoisotopic (exact) mass is 301 g/mol. The summed E-state index contributed by atoms with van der Waals surface area (Å²) in [7, 11) is 2.11. The fourth-order valence-electron chi connectivity index (χ4n) is 3.82. The maximum atomic E-state index is 12.3. The van der Waals surface area contributed by atoms with Crippen molar-refractivity contribution in [3.63, 3.8) is 0 Å². The summed E-state index contributed by atoms with van der Waals surface area (Å²) < 4.78 is 11.0. The maximum absolute atomic E-state index is 12.3. The van der Waals surface area contributed by atoms with Crippen molar-refractivity contribution in [3.05, 3.63) is 42.0 Å². The Hall–Kier alpha value is -2.08. The molecule has 2 fully saturated rings. The van der Waals surface area contributed by atoms with E-state index in [1.807, 2.05) is 11.8 Å². The van der Waals surface area contributed by atoms with Gasteiger partial charge in [0.15, 0.2) is 11.7 Å². The molecule has 0 bridgehead atoms. The fourth-order valence-corrected chi connectivity index (χ4v) is 3.82. The van der Waals surface area contributed by atoms with E-state index in [1.54, 1.807) is 18.3 Å². The Morgan fingerprint density at radius 1 is 1.41 bits per heavy atom. The lowest BCUT2D eigenvalue weighted by Gasteiger charge is -2.50. The second-order valence-corrected chi connectivity index (χ2v) is 6.56. The van der Waals surface area contributed by atoms with E-state index in [-0.39, 0.29) is 17.2 Å². The molecule has 0 N–H and O–H groups in total. The summed E-state index contributed by atoms with van der Waals surface area (Å²) in [6.45, 7) is 5.24. The van der Waals surface area contributed by atoms with Crippen LogP contribution in [-0.4, -0.2) is 53.9 Å². The van der Waals surface area contributed by atoms with Gasteiger partial charge in [0.25, 0.3) is 5.91 Å². The minimum atomic E-state index is -0.0347. The van der Waals surface area contributed by atoms with Crippen LogP contribution in [0.4, 0.5) is 0 Å². The first kappa shape index (κ1) is 13.6. The minimum Gasteiger partial charge on any atom is -0.459 e. The van der Waals surface area contributed by atoms with Gasteiger partial charge < -0.3 is 18.6 Å². The van der Waals surface area contributed by atoms with Gasteiger partial charge in [0.2, 0.25) is 0 Å². The molecule has 2 aromatic heterocycles. The first-order chi connectivity index (χ1) is 10.6. The number of hydrogen-bond donors (Lipinski definition) is 0.